The third-order valence-corrected chi connectivity index (χ3v) is 1.35. The molecule has 0 rings (SSSR count). The lowest BCUT2D eigenvalue weighted by molar-refractivity contribution is -0.533. The predicted molar refractivity (Wildman–Crippen MR) is 29.1 cm³/mol. The van der Waals surface area contributed by atoms with Crippen LogP contribution in [0.15, 0.2) is 0 Å². The third kappa shape index (κ3) is 2.93. The Labute approximate surface area is 90.1 Å². The van der Waals surface area contributed by atoms with Gasteiger partial charge in [-0.15, -0.1) is 4.94 Å². The zero-order chi connectivity index (χ0) is 15.0. The molecule has 0 amide bonds. The molecule has 0 aromatic heterocycles. The van der Waals surface area contributed by atoms with Crippen LogP contribution in [0.5, 0.6) is 0 Å². The molecule has 110 valence electrons. The van der Waals surface area contributed by atoms with Crippen molar-refractivity contribution in [1.82, 2.24) is 0 Å². The monoisotopic (exact) mass is 302 g/mol. The van der Waals surface area contributed by atoms with Crippen LogP contribution in [0.3, 0.4) is 0 Å². The first kappa shape index (κ1) is 17.2. The van der Waals surface area contributed by atoms with E-state index in [1.165, 1.54) is 4.94 Å². The average Bonchev–Trinajstić information content (AvgIpc) is 2.15. The molecule has 0 unspecified atom stereocenters. The molecule has 0 aliphatic rings. The molecule has 18 heavy (non-hydrogen) atoms. The standard InChI is InChI=1S/C5HF11O2/c6-1(7)2(8,9)3(10,11)17-4(12,13)5(14,15)18-16/h1H. The van der Waals surface area contributed by atoms with Crippen molar-refractivity contribution >= 4 is 0 Å². The van der Waals surface area contributed by atoms with Gasteiger partial charge in [-0.2, -0.15) is 35.1 Å². The summed E-state index contributed by atoms with van der Waals surface area (Å²) in [5.74, 6) is -6.51. The van der Waals surface area contributed by atoms with Gasteiger partial charge in [0, 0.05) is 0 Å². The lowest BCUT2D eigenvalue weighted by Gasteiger charge is -2.30. The smallest absolute Gasteiger partial charge is 0.243 e. The Hall–Kier alpha value is -0.850. The first-order chi connectivity index (χ1) is 7.71. The van der Waals surface area contributed by atoms with Crippen LogP contribution in [0.25, 0.3) is 0 Å². The van der Waals surface area contributed by atoms with Crippen molar-refractivity contribution in [3.63, 3.8) is 0 Å². The molecule has 0 bridgehead atoms. The lowest BCUT2D eigenvalue weighted by atomic mass is 10.3. The summed E-state index contributed by atoms with van der Waals surface area (Å²) in [5, 5.41) is 0. The van der Waals surface area contributed by atoms with Crippen molar-refractivity contribution in [2.24, 2.45) is 0 Å². The second-order valence-corrected chi connectivity index (χ2v) is 2.65. The van der Waals surface area contributed by atoms with Gasteiger partial charge < -0.3 is 0 Å². The van der Waals surface area contributed by atoms with E-state index >= 15 is 0 Å². The summed E-state index contributed by atoms with van der Waals surface area (Å²) in [7, 11) is 0. The number of hydrogen-bond acceptors (Lipinski definition) is 2. The van der Waals surface area contributed by atoms with E-state index in [1.54, 1.807) is 4.74 Å². The summed E-state index contributed by atoms with van der Waals surface area (Å²) in [5.41, 5.74) is 0. The van der Waals surface area contributed by atoms with Crippen LogP contribution >= 0.6 is 0 Å². The van der Waals surface area contributed by atoms with Gasteiger partial charge in [0.05, 0.1) is 0 Å². The summed E-state index contributed by atoms with van der Waals surface area (Å²) in [4.78, 5) is 1.25. The summed E-state index contributed by atoms with van der Waals surface area (Å²) in [6, 6.07) is 0. The van der Waals surface area contributed by atoms with Crippen molar-refractivity contribution < 1.29 is 58.1 Å². The van der Waals surface area contributed by atoms with Gasteiger partial charge in [-0.1, -0.05) is 0 Å². The Morgan fingerprint density at radius 3 is 1.33 bits per heavy atom. The molecule has 0 fully saturated rings. The third-order valence-electron chi connectivity index (χ3n) is 1.35. The van der Waals surface area contributed by atoms with Crippen LogP contribution in [-0.4, -0.2) is 30.7 Å². The van der Waals surface area contributed by atoms with Crippen molar-refractivity contribution in [1.29, 1.82) is 0 Å². The first-order valence-corrected chi connectivity index (χ1v) is 3.50. The van der Waals surface area contributed by atoms with Crippen molar-refractivity contribution in [3.05, 3.63) is 0 Å². The minimum atomic E-state index is -6.70. The lowest BCUT2D eigenvalue weighted by Crippen LogP contribution is -2.56. The van der Waals surface area contributed by atoms with Crippen LogP contribution in [0, 0.1) is 0 Å². The van der Waals surface area contributed by atoms with Crippen LogP contribution in [0.1, 0.15) is 0 Å². The molecule has 0 spiro atoms. The minimum Gasteiger partial charge on any atom is -0.243 e. The van der Waals surface area contributed by atoms with E-state index in [1.807, 2.05) is 0 Å². The largest absolute Gasteiger partial charge is 0.478 e. The second-order valence-electron chi connectivity index (χ2n) is 2.65. The Balaban J connectivity index is 5.21. The van der Waals surface area contributed by atoms with E-state index in [2.05, 4.69) is 0 Å². The zero-order valence-electron chi connectivity index (χ0n) is 7.55. The highest BCUT2D eigenvalue weighted by atomic mass is 19.4. The summed E-state index contributed by atoms with van der Waals surface area (Å²) >= 11 is 0. The van der Waals surface area contributed by atoms with Gasteiger partial charge in [-0.25, -0.2) is 13.5 Å². The van der Waals surface area contributed by atoms with E-state index in [4.69, 9.17) is 0 Å². The summed E-state index contributed by atoms with van der Waals surface area (Å²) in [6.45, 7) is 0. The van der Waals surface area contributed by atoms with Crippen molar-refractivity contribution in [3.8, 4) is 0 Å². The molecular weight excluding hydrogens is 301 g/mol. The molecule has 0 aromatic rings. The highest BCUT2D eigenvalue weighted by molar-refractivity contribution is 4.82. The number of alkyl halides is 10. The molecule has 0 heterocycles. The highest BCUT2D eigenvalue weighted by Crippen LogP contribution is 2.47. The SMILES string of the molecule is FOC(F)(F)C(F)(F)OC(F)(F)C(F)(F)C(F)F. The van der Waals surface area contributed by atoms with E-state index < -0.39 is 30.7 Å². The Kier molecular flexibility index (Phi) is 4.46. The van der Waals surface area contributed by atoms with Gasteiger partial charge in [-0.05, 0) is 4.53 Å². The van der Waals surface area contributed by atoms with E-state index in [0.29, 0.717) is 0 Å². The maximum absolute atomic E-state index is 12.2. The van der Waals surface area contributed by atoms with Gasteiger partial charge in [0.25, 0.3) is 0 Å². The van der Waals surface area contributed by atoms with Crippen LogP contribution in [0.4, 0.5) is 48.4 Å². The molecule has 0 radical (unpaired) electrons. The molecule has 2 nitrogen and oxygen atoms in total. The Bertz CT molecular complexity index is 287. The Morgan fingerprint density at radius 1 is 0.667 bits per heavy atom. The Morgan fingerprint density at radius 2 is 1.06 bits per heavy atom. The summed E-state index contributed by atoms with van der Waals surface area (Å²) < 4.78 is 132. The normalized spacial score (nSPS) is 15.3. The molecule has 13 heteroatoms. The zero-order valence-corrected chi connectivity index (χ0v) is 7.55. The molecule has 0 aromatic carbocycles. The first-order valence-electron chi connectivity index (χ1n) is 3.50. The summed E-state index contributed by atoms with van der Waals surface area (Å²) in [6.07, 6.45) is -24.9. The van der Waals surface area contributed by atoms with E-state index in [-0.39, 0.29) is 0 Å². The van der Waals surface area contributed by atoms with Gasteiger partial charge in [0.15, 0.2) is 0 Å². The van der Waals surface area contributed by atoms with Gasteiger partial charge in [0.2, 0.25) is 0 Å². The van der Waals surface area contributed by atoms with Gasteiger partial charge in [0.1, 0.15) is 0 Å². The number of rotatable bonds is 6. The molecule has 0 aliphatic carbocycles. The molecular formula is C5HF11O2. The minimum absolute atomic E-state index is 1.25. The van der Waals surface area contributed by atoms with E-state index in [9.17, 15) is 48.4 Å². The van der Waals surface area contributed by atoms with Gasteiger partial charge >= 0.3 is 30.7 Å². The fraction of sp³-hybridized carbons (Fsp3) is 1.00. The topological polar surface area (TPSA) is 18.5 Å². The molecule has 0 saturated heterocycles. The number of ether oxygens (including phenoxy) is 1. The predicted octanol–water partition coefficient (Wildman–Crippen LogP) is 3.58. The number of halogens is 11. The van der Waals surface area contributed by atoms with Crippen LogP contribution in [-0.2, 0) is 9.68 Å². The quantitative estimate of drug-likeness (QED) is 0.698. The second kappa shape index (κ2) is 4.68. The van der Waals surface area contributed by atoms with Crippen molar-refractivity contribution in [2.75, 3.05) is 0 Å². The van der Waals surface area contributed by atoms with E-state index in [0.717, 1.165) is 0 Å². The molecule has 0 N–H and O–H groups in total. The maximum Gasteiger partial charge on any atom is 0.478 e. The molecule has 0 saturated carbocycles. The van der Waals surface area contributed by atoms with Gasteiger partial charge in [-0.3, -0.25) is 0 Å². The van der Waals surface area contributed by atoms with Crippen molar-refractivity contribution in [2.45, 2.75) is 30.7 Å². The van der Waals surface area contributed by atoms with Crippen LogP contribution in [0.2, 0.25) is 0 Å². The number of hydrogen-bond donors (Lipinski definition) is 0. The average molecular weight is 302 g/mol. The highest BCUT2D eigenvalue weighted by Gasteiger charge is 2.73. The molecule has 0 aliphatic heterocycles. The fourth-order valence-electron chi connectivity index (χ4n) is 0.460. The maximum atomic E-state index is 12.2. The molecule has 0 atom stereocenters. The fourth-order valence-corrected chi connectivity index (χ4v) is 0.460. The van der Waals surface area contributed by atoms with Crippen LogP contribution < -0.4 is 0 Å².